The van der Waals surface area contributed by atoms with Crippen LogP contribution in [0.5, 0.6) is 0 Å². The number of nitrogens with one attached hydrogen (secondary N) is 1. The first-order valence-corrected chi connectivity index (χ1v) is 8.78. The van der Waals surface area contributed by atoms with Crippen molar-refractivity contribution in [1.82, 2.24) is 0 Å². The number of para-hydroxylation sites is 2. The summed E-state index contributed by atoms with van der Waals surface area (Å²) < 4.78 is 39.7. The summed E-state index contributed by atoms with van der Waals surface area (Å²) in [6, 6.07) is 19.4. The fourth-order valence-corrected chi connectivity index (χ4v) is 3.45. The van der Waals surface area contributed by atoms with Crippen molar-refractivity contribution >= 4 is 17.3 Å². The predicted octanol–water partition coefficient (Wildman–Crippen LogP) is 5.78. The number of hydrogen-bond acceptors (Lipinski definition) is 2. The maximum absolute atomic E-state index is 13.3. The van der Waals surface area contributed by atoms with Crippen LogP contribution in [0.1, 0.15) is 33.2 Å². The number of anilines is 2. The Bertz CT molecular complexity index is 1050. The molecule has 28 heavy (non-hydrogen) atoms. The van der Waals surface area contributed by atoms with Gasteiger partial charge < -0.3 is 5.32 Å². The molecule has 0 fully saturated rings. The van der Waals surface area contributed by atoms with Crippen molar-refractivity contribution in [3.8, 4) is 0 Å². The van der Waals surface area contributed by atoms with Gasteiger partial charge in [-0.1, -0.05) is 42.5 Å². The number of rotatable bonds is 2. The lowest BCUT2D eigenvalue weighted by Crippen LogP contribution is -2.43. The summed E-state index contributed by atoms with van der Waals surface area (Å²) >= 11 is 0. The van der Waals surface area contributed by atoms with Crippen LogP contribution in [-0.2, 0) is 6.18 Å². The number of fused-ring (bicyclic) bond motifs is 1. The first kappa shape index (κ1) is 18.1. The molecule has 0 spiro atoms. The molecular formula is C22H17F3N2O. The molecule has 0 saturated carbocycles. The van der Waals surface area contributed by atoms with Gasteiger partial charge in [0, 0.05) is 11.4 Å². The highest BCUT2D eigenvalue weighted by molar-refractivity contribution is 6.12. The number of carbonyl (C=O) groups is 1. The third-order valence-corrected chi connectivity index (χ3v) is 4.83. The number of nitrogens with zero attached hydrogens (tertiary/aromatic N) is 1. The number of alkyl halides is 3. The molecule has 0 aliphatic carbocycles. The molecule has 0 aromatic heterocycles. The van der Waals surface area contributed by atoms with Gasteiger partial charge in [0.2, 0.25) is 0 Å². The minimum Gasteiger partial charge on any atom is -0.360 e. The van der Waals surface area contributed by atoms with Crippen LogP contribution >= 0.6 is 0 Å². The van der Waals surface area contributed by atoms with Crippen molar-refractivity contribution < 1.29 is 18.0 Å². The topological polar surface area (TPSA) is 32.3 Å². The van der Waals surface area contributed by atoms with Gasteiger partial charge in [0.05, 0.1) is 11.1 Å². The van der Waals surface area contributed by atoms with Crippen LogP contribution in [0.15, 0.2) is 72.8 Å². The second-order valence-corrected chi connectivity index (χ2v) is 6.68. The fourth-order valence-electron chi connectivity index (χ4n) is 3.45. The number of amides is 1. The summed E-state index contributed by atoms with van der Waals surface area (Å²) in [6.07, 6.45) is -5.22. The maximum atomic E-state index is 13.3. The molecule has 3 aromatic rings. The van der Waals surface area contributed by atoms with Gasteiger partial charge in [-0.15, -0.1) is 0 Å². The molecule has 6 heteroatoms. The van der Waals surface area contributed by atoms with E-state index >= 15 is 0 Å². The van der Waals surface area contributed by atoms with Crippen LogP contribution in [0.2, 0.25) is 0 Å². The Morgan fingerprint density at radius 1 is 0.929 bits per heavy atom. The summed E-state index contributed by atoms with van der Waals surface area (Å²) in [6.45, 7) is 1.87. The number of carbonyl (C=O) groups excluding carboxylic acids is 1. The SMILES string of the molecule is Cc1ccccc1N1C(=O)c2ccccc2N[C@@H]1c1cccc(C(F)(F)F)c1. The van der Waals surface area contributed by atoms with Gasteiger partial charge in [0.15, 0.2) is 0 Å². The normalized spacial score (nSPS) is 16.5. The number of aryl methyl sites for hydroxylation is 1. The van der Waals surface area contributed by atoms with Crippen molar-refractivity contribution in [3.63, 3.8) is 0 Å². The first-order chi connectivity index (χ1) is 13.4. The predicted molar refractivity (Wildman–Crippen MR) is 102 cm³/mol. The second kappa shape index (κ2) is 6.71. The third-order valence-electron chi connectivity index (χ3n) is 4.83. The molecule has 142 valence electrons. The van der Waals surface area contributed by atoms with E-state index in [-0.39, 0.29) is 5.91 Å². The summed E-state index contributed by atoms with van der Waals surface area (Å²) in [4.78, 5) is 14.8. The van der Waals surface area contributed by atoms with Crippen LogP contribution in [-0.4, -0.2) is 5.91 Å². The standard InChI is InChI=1S/C22H17F3N2O/c1-14-7-2-5-12-19(14)27-20(15-8-6-9-16(13-15)22(23,24)25)26-18-11-4-3-10-17(18)21(27)28/h2-13,20,26H,1H3/t20-/m0/s1. The van der Waals surface area contributed by atoms with Crippen molar-refractivity contribution in [2.45, 2.75) is 19.3 Å². The van der Waals surface area contributed by atoms with E-state index in [1.807, 2.05) is 19.1 Å². The Labute approximate surface area is 160 Å². The van der Waals surface area contributed by atoms with E-state index in [2.05, 4.69) is 5.32 Å². The Morgan fingerprint density at radius 2 is 1.64 bits per heavy atom. The lowest BCUT2D eigenvalue weighted by molar-refractivity contribution is -0.137. The lowest BCUT2D eigenvalue weighted by atomic mass is 10.00. The Hall–Kier alpha value is -3.28. The van der Waals surface area contributed by atoms with Crippen molar-refractivity contribution in [1.29, 1.82) is 0 Å². The van der Waals surface area contributed by atoms with Gasteiger partial charge in [-0.2, -0.15) is 13.2 Å². The molecule has 1 atom stereocenters. The fraction of sp³-hybridized carbons (Fsp3) is 0.136. The van der Waals surface area contributed by atoms with Gasteiger partial charge in [0.1, 0.15) is 6.17 Å². The zero-order valence-electron chi connectivity index (χ0n) is 15.0. The lowest BCUT2D eigenvalue weighted by Gasteiger charge is -2.39. The maximum Gasteiger partial charge on any atom is 0.416 e. The van der Waals surface area contributed by atoms with Crippen LogP contribution in [0.3, 0.4) is 0 Å². The minimum atomic E-state index is -4.46. The highest BCUT2D eigenvalue weighted by atomic mass is 19.4. The zero-order valence-corrected chi connectivity index (χ0v) is 15.0. The van der Waals surface area contributed by atoms with E-state index in [4.69, 9.17) is 0 Å². The van der Waals surface area contributed by atoms with E-state index in [0.717, 1.165) is 17.7 Å². The van der Waals surface area contributed by atoms with Gasteiger partial charge in [-0.3, -0.25) is 9.69 Å². The summed E-state index contributed by atoms with van der Waals surface area (Å²) in [5.41, 5.74) is 2.20. The average Bonchev–Trinajstić information content (AvgIpc) is 2.68. The van der Waals surface area contributed by atoms with Gasteiger partial charge >= 0.3 is 6.18 Å². The molecule has 4 rings (SSSR count). The van der Waals surface area contributed by atoms with Crippen LogP contribution in [0.4, 0.5) is 24.5 Å². The van der Waals surface area contributed by atoms with E-state index in [1.165, 1.54) is 11.0 Å². The van der Waals surface area contributed by atoms with E-state index in [1.54, 1.807) is 42.5 Å². The first-order valence-electron chi connectivity index (χ1n) is 8.78. The van der Waals surface area contributed by atoms with E-state index in [9.17, 15) is 18.0 Å². The Morgan fingerprint density at radius 3 is 2.39 bits per heavy atom. The van der Waals surface area contributed by atoms with Crippen LogP contribution in [0.25, 0.3) is 0 Å². The third kappa shape index (κ3) is 3.11. The van der Waals surface area contributed by atoms with Gasteiger partial charge in [-0.05, 0) is 48.4 Å². The van der Waals surface area contributed by atoms with Crippen LogP contribution in [0, 0.1) is 6.92 Å². The minimum absolute atomic E-state index is 0.258. The summed E-state index contributed by atoms with van der Waals surface area (Å²) in [7, 11) is 0. The van der Waals surface area contributed by atoms with Crippen LogP contribution < -0.4 is 10.2 Å². The molecule has 3 nitrogen and oxygen atoms in total. The van der Waals surface area contributed by atoms with E-state index < -0.39 is 17.9 Å². The largest absolute Gasteiger partial charge is 0.416 e. The molecule has 1 heterocycles. The summed E-state index contributed by atoms with van der Waals surface area (Å²) in [5.74, 6) is -0.258. The van der Waals surface area contributed by atoms with Gasteiger partial charge in [-0.25, -0.2) is 0 Å². The zero-order chi connectivity index (χ0) is 19.9. The Kier molecular flexibility index (Phi) is 4.34. The van der Waals surface area contributed by atoms with E-state index in [0.29, 0.717) is 22.5 Å². The Balaban J connectivity index is 1.89. The second-order valence-electron chi connectivity index (χ2n) is 6.68. The van der Waals surface area contributed by atoms with Crippen molar-refractivity contribution in [2.24, 2.45) is 0 Å². The monoisotopic (exact) mass is 382 g/mol. The molecule has 1 amide bonds. The molecule has 1 aliphatic rings. The highest BCUT2D eigenvalue weighted by Gasteiger charge is 2.36. The van der Waals surface area contributed by atoms with Gasteiger partial charge in [0.25, 0.3) is 5.91 Å². The molecule has 0 unspecified atom stereocenters. The average molecular weight is 382 g/mol. The quantitative estimate of drug-likeness (QED) is 0.609. The molecule has 1 aliphatic heterocycles. The van der Waals surface area contributed by atoms with Crippen molar-refractivity contribution in [2.75, 3.05) is 10.2 Å². The molecule has 1 N–H and O–H groups in total. The smallest absolute Gasteiger partial charge is 0.360 e. The molecular weight excluding hydrogens is 365 g/mol. The number of benzene rings is 3. The summed E-state index contributed by atoms with van der Waals surface area (Å²) in [5, 5.41) is 3.24. The highest BCUT2D eigenvalue weighted by Crippen LogP contribution is 2.39. The molecule has 0 bridgehead atoms. The molecule has 3 aromatic carbocycles. The molecule has 0 radical (unpaired) electrons. The number of hydrogen-bond donors (Lipinski definition) is 1. The number of halogens is 3. The van der Waals surface area contributed by atoms with Crippen molar-refractivity contribution in [3.05, 3.63) is 95.1 Å². The molecule has 0 saturated heterocycles.